The van der Waals surface area contributed by atoms with Gasteiger partial charge < -0.3 is 29.1 Å². The van der Waals surface area contributed by atoms with Gasteiger partial charge in [-0.15, -0.1) is 0 Å². The smallest absolute Gasteiger partial charge is 0.462 e. The van der Waals surface area contributed by atoms with Gasteiger partial charge in [0, 0.05) is 12.8 Å². The lowest BCUT2D eigenvalue weighted by atomic mass is 10.0. The molecule has 3 unspecified atom stereocenters. The van der Waals surface area contributed by atoms with Gasteiger partial charge in [-0.05, 0) is 51.4 Å². The largest absolute Gasteiger partial charge is 0.472 e. The molecule has 0 saturated carbocycles. The van der Waals surface area contributed by atoms with Crippen molar-refractivity contribution in [1.82, 2.24) is 0 Å². The van der Waals surface area contributed by atoms with Gasteiger partial charge in [-0.25, -0.2) is 4.57 Å². The van der Waals surface area contributed by atoms with Gasteiger partial charge in [0.1, 0.15) is 19.8 Å². The number of nitrogens with zero attached hydrogens (tertiary/aromatic N) is 1. The minimum atomic E-state index is -4.44. The Morgan fingerprint density at radius 3 is 1.80 bits per heavy atom. The maximum Gasteiger partial charge on any atom is 0.472 e. The summed E-state index contributed by atoms with van der Waals surface area (Å²) in [4.78, 5) is 35.3. The fourth-order valence-corrected chi connectivity index (χ4v) is 6.15. The molecule has 54 heavy (non-hydrogen) atoms. The quantitative estimate of drug-likeness (QED) is 0.0183. The molecule has 0 amide bonds. The third-order valence-electron chi connectivity index (χ3n) is 8.87. The monoisotopic (exact) mass is 789 g/mol. The van der Waals surface area contributed by atoms with Crippen LogP contribution >= 0.6 is 7.82 Å². The van der Waals surface area contributed by atoms with Crippen molar-refractivity contribution in [2.75, 3.05) is 47.5 Å². The van der Waals surface area contributed by atoms with Crippen LogP contribution in [0.25, 0.3) is 0 Å². The average Bonchev–Trinajstić information content (AvgIpc) is 3.11. The lowest BCUT2D eigenvalue weighted by Gasteiger charge is -2.24. The van der Waals surface area contributed by atoms with Crippen LogP contribution in [0.1, 0.15) is 155 Å². The van der Waals surface area contributed by atoms with Crippen molar-refractivity contribution < 1.29 is 52.3 Å². The Bertz CT molecular complexity index is 1060. The second-order valence-corrected chi connectivity index (χ2v) is 16.8. The Labute approximate surface area is 328 Å². The molecule has 0 heterocycles. The highest BCUT2D eigenvalue weighted by Crippen LogP contribution is 2.43. The zero-order valence-electron chi connectivity index (χ0n) is 34.7. The van der Waals surface area contributed by atoms with Crippen LogP contribution in [0.5, 0.6) is 0 Å². The van der Waals surface area contributed by atoms with Crippen LogP contribution in [-0.2, 0) is 32.7 Å². The Morgan fingerprint density at radius 2 is 1.19 bits per heavy atom. The van der Waals surface area contributed by atoms with E-state index in [2.05, 4.69) is 38.2 Å². The van der Waals surface area contributed by atoms with E-state index in [4.69, 9.17) is 18.5 Å². The van der Waals surface area contributed by atoms with E-state index in [1.165, 1.54) is 64.2 Å². The molecule has 12 heteroatoms. The number of hydrogen-bond acceptors (Lipinski definition) is 9. The minimum absolute atomic E-state index is 0.0128. The van der Waals surface area contributed by atoms with E-state index in [0.29, 0.717) is 23.9 Å². The highest BCUT2D eigenvalue weighted by atomic mass is 31.2. The van der Waals surface area contributed by atoms with E-state index >= 15 is 0 Å². The summed E-state index contributed by atoms with van der Waals surface area (Å²) in [5.41, 5.74) is 0. The van der Waals surface area contributed by atoms with Crippen LogP contribution in [0.2, 0.25) is 0 Å². The van der Waals surface area contributed by atoms with Crippen LogP contribution in [0.3, 0.4) is 0 Å². The number of carbonyl (C=O) groups is 2. The van der Waals surface area contributed by atoms with Crippen LogP contribution in [0, 0.1) is 0 Å². The van der Waals surface area contributed by atoms with Gasteiger partial charge in [0.15, 0.2) is 6.10 Å². The van der Waals surface area contributed by atoms with Gasteiger partial charge in [-0.2, -0.15) is 0 Å². The normalized spacial score (nSPS) is 15.2. The van der Waals surface area contributed by atoms with Gasteiger partial charge in [0.05, 0.1) is 40.0 Å². The Hall–Kier alpha value is -1.85. The highest BCUT2D eigenvalue weighted by Gasteiger charge is 2.27. The van der Waals surface area contributed by atoms with Gasteiger partial charge in [0.2, 0.25) is 0 Å². The van der Waals surface area contributed by atoms with E-state index in [0.717, 1.165) is 38.5 Å². The SMILES string of the molecule is CCCCC/C=C\C/C=C\C/C=C\CC(O)C(O)CCCC(=O)OC[C@H](COP(=O)(O)OCC[N+](C)(C)C)OC(=O)CCCCCCCCCCCCC. The number of unbranched alkanes of at least 4 members (excludes halogenated alkanes) is 13. The molecule has 0 bridgehead atoms. The fourth-order valence-electron chi connectivity index (χ4n) is 5.41. The Kier molecular flexibility index (Phi) is 33.2. The zero-order chi connectivity index (χ0) is 40.3. The van der Waals surface area contributed by atoms with E-state index in [1.54, 1.807) is 0 Å². The molecular weight excluding hydrogens is 709 g/mol. The van der Waals surface area contributed by atoms with Crippen molar-refractivity contribution in [3.05, 3.63) is 36.5 Å². The summed E-state index contributed by atoms with van der Waals surface area (Å²) in [6.45, 7) is 4.03. The molecule has 3 N–H and O–H groups in total. The molecule has 316 valence electrons. The third kappa shape index (κ3) is 35.8. The molecule has 0 aromatic carbocycles. The highest BCUT2D eigenvalue weighted by molar-refractivity contribution is 7.47. The van der Waals surface area contributed by atoms with Crippen LogP contribution in [0.4, 0.5) is 0 Å². The molecule has 0 aliphatic carbocycles. The van der Waals surface area contributed by atoms with Gasteiger partial charge in [-0.3, -0.25) is 18.6 Å². The summed E-state index contributed by atoms with van der Waals surface area (Å²) in [5, 5.41) is 20.7. The predicted molar refractivity (Wildman–Crippen MR) is 218 cm³/mol. The fraction of sp³-hybridized carbons (Fsp3) is 0.810. The first-order valence-corrected chi connectivity index (χ1v) is 22.4. The van der Waals surface area contributed by atoms with E-state index < -0.39 is 44.7 Å². The first kappa shape index (κ1) is 52.2. The summed E-state index contributed by atoms with van der Waals surface area (Å²) in [5.74, 6) is -1.08. The number of aliphatic hydroxyl groups is 2. The number of allylic oxidation sites excluding steroid dienone is 5. The number of rotatable bonds is 37. The molecule has 11 nitrogen and oxygen atoms in total. The minimum Gasteiger partial charge on any atom is -0.462 e. The molecule has 0 aromatic rings. The number of phosphoric ester groups is 1. The number of phosphoric acid groups is 1. The maximum absolute atomic E-state index is 12.6. The molecule has 4 atom stereocenters. The molecule has 0 spiro atoms. The number of ether oxygens (including phenoxy) is 2. The molecular formula is C42H79NO10P+. The standard InChI is InChI=1S/C42H78NO10P/c1-6-8-10-12-14-16-18-20-21-23-25-27-30-39(44)40(45)31-29-33-41(46)50-36-38(37-52-54(48,49)51-35-34-43(3,4)5)53-42(47)32-28-26-24-22-19-17-15-13-11-9-7-2/h14,16,20-21,25,27,38-40,44-45H,6-13,15,17-19,22-24,26,28-37H2,1-5H3/p+1/b16-14-,21-20-,27-25-/t38-,39?,40?/m1/s1. The number of esters is 2. The van der Waals surface area contributed by atoms with Crippen LogP contribution in [-0.4, -0.2) is 97.3 Å². The lowest BCUT2D eigenvalue weighted by molar-refractivity contribution is -0.870. The Balaban J connectivity index is 4.62. The summed E-state index contributed by atoms with van der Waals surface area (Å²) in [6, 6.07) is 0. The number of carbonyl (C=O) groups excluding carboxylic acids is 2. The number of quaternary nitrogens is 1. The first-order valence-electron chi connectivity index (χ1n) is 20.9. The molecule has 0 aromatic heterocycles. The van der Waals surface area contributed by atoms with E-state index in [-0.39, 0.29) is 38.9 Å². The third-order valence-corrected chi connectivity index (χ3v) is 9.86. The summed E-state index contributed by atoms with van der Waals surface area (Å²) in [7, 11) is 1.32. The van der Waals surface area contributed by atoms with E-state index in [9.17, 15) is 29.3 Å². The summed E-state index contributed by atoms with van der Waals surface area (Å²) >= 11 is 0. The van der Waals surface area contributed by atoms with Gasteiger partial charge >= 0.3 is 19.8 Å². The van der Waals surface area contributed by atoms with Gasteiger partial charge in [0.25, 0.3) is 0 Å². The van der Waals surface area contributed by atoms with Crippen molar-refractivity contribution >= 4 is 19.8 Å². The predicted octanol–water partition coefficient (Wildman–Crippen LogP) is 9.29. The zero-order valence-corrected chi connectivity index (χ0v) is 35.6. The maximum atomic E-state index is 12.6. The second kappa shape index (κ2) is 34.4. The molecule has 0 rings (SSSR count). The van der Waals surface area contributed by atoms with Crippen molar-refractivity contribution in [2.24, 2.45) is 0 Å². The molecule has 0 fully saturated rings. The average molecular weight is 789 g/mol. The number of likely N-dealkylation sites (N-methyl/N-ethyl adjacent to an activating group) is 1. The number of hydrogen-bond donors (Lipinski definition) is 3. The second-order valence-electron chi connectivity index (χ2n) is 15.3. The van der Waals surface area contributed by atoms with Crippen molar-refractivity contribution in [3.63, 3.8) is 0 Å². The van der Waals surface area contributed by atoms with Gasteiger partial charge in [-0.1, -0.05) is 127 Å². The molecule has 0 aliphatic heterocycles. The molecule has 0 saturated heterocycles. The topological polar surface area (TPSA) is 149 Å². The van der Waals surface area contributed by atoms with Crippen molar-refractivity contribution in [2.45, 2.75) is 173 Å². The Morgan fingerprint density at radius 1 is 0.648 bits per heavy atom. The number of aliphatic hydroxyl groups excluding tert-OH is 2. The van der Waals surface area contributed by atoms with Crippen molar-refractivity contribution in [3.8, 4) is 0 Å². The molecule has 0 aliphatic rings. The first-order chi connectivity index (χ1) is 25.8. The van der Waals surface area contributed by atoms with Crippen LogP contribution in [0.15, 0.2) is 36.5 Å². The van der Waals surface area contributed by atoms with Crippen LogP contribution < -0.4 is 0 Å². The van der Waals surface area contributed by atoms with Crippen molar-refractivity contribution in [1.29, 1.82) is 0 Å². The van der Waals surface area contributed by atoms with E-state index in [1.807, 2.05) is 33.3 Å². The molecule has 0 radical (unpaired) electrons. The summed E-state index contributed by atoms with van der Waals surface area (Å²) in [6.07, 6.45) is 29.4. The lowest BCUT2D eigenvalue weighted by Crippen LogP contribution is -2.37. The summed E-state index contributed by atoms with van der Waals surface area (Å²) < 4.78 is 34.0.